The number of aromatic nitrogens is 3. The SMILES string of the molecule is CC(C)(C)c1ccc(-c2c(-c3ccc(C(C)(C)C)cc3)c3c4ccncc4n4c5cnccc5c(c2-c2ccc(C(C)(C)C)cc2)c34)cc1. The minimum absolute atomic E-state index is 0.0557. The van der Waals surface area contributed by atoms with E-state index in [0.717, 1.165) is 11.0 Å². The lowest BCUT2D eigenvalue weighted by Gasteiger charge is -2.24. The van der Waals surface area contributed by atoms with Gasteiger partial charge in [0.15, 0.2) is 0 Å². The Morgan fingerprint density at radius 1 is 0.408 bits per heavy atom. The fraction of sp³-hybridized carbons (Fsp3) is 0.261. The molecule has 0 radical (unpaired) electrons. The maximum Gasteiger partial charge on any atom is 0.0725 e. The molecule has 0 aliphatic heterocycles. The zero-order valence-corrected chi connectivity index (χ0v) is 30.2. The molecule has 49 heavy (non-hydrogen) atoms. The molecule has 0 saturated heterocycles. The zero-order valence-electron chi connectivity index (χ0n) is 30.2. The predicted molar refractivity (Wildman–Crippen MR) is 209 cm³/mol. The quantitative estimate of drug-likeness (QED) is 0.193. The fourth-order valence-electron chi connectivity index (χ4n) is 7.68. The third-order valence-corrected chi connectivity index (χ3v) is 10.4. The molecular weight excluding hydrogens is 595 g/mol. The lowest BCUT2D eigenvalue weighted by Crippen LogP contribution is -2.11. The molecule has 4 aromatic heterocycles. The van der Waals surface area contributed by atoms with E-state index < -0.39 is 0 Å². The van der Waals surface area contributed by atoms with E-state index in [1.165, 1.54) is 77.1 Å². The van der Waals surface area contributed by atoms with E-state index in [-0.39, 0.29) is 16.2 Å². The molecule has 0 bridgehead atoms. The van der Waals surface area contributed by atoms with Gasteiger partial charge >= 0.3 is 0 Å². The topological polar surface area (TPSA) is 30.2 Å². The second kappa shape index (κ2) is 10.7. The summed E-state index contributed by atoms with van der Waals surface area (Å²) in [5.41, 5.74) is 15.0. The lowest BCUT2D eigenvalue weighted by molar-refractivity contribution is 0.590. The maximum absolute atomic E-state index is 4.64. The first kappa shape index (κ1) is 31.3. The number of benzene rings is 4. The predicted octanol–water partition coefficient (Wildman–Crippen LogP) is 12.5. The lowest BCUT2D eigenvalue weighted by atomic mass is 9.79. The summed E-state index contributed by atoms with van der Waals surface area (Å²) in [6, 6.07) is 32.3. The van der Waals surface area contributed by atoms with E-state index in [4.69, 9.17) is 0 Å². The van der Waals surface area contributed by atoms with Gasteiger partial charge in [-0.15, -0.1) is 0 Å². The minimum Gasteiger partial charge on any atom is -0.305 e. The molecule has 3 nitrogen and oxygen atoms in total. The average Bonchev–Trinajstić information content (AvgIpc) is 3.59. The average molecular weight is 640 g/mol. The van der Waals surface area contributed by atoms with Crippen LogP contribution in [0.25, 0.3) is 71.5 Å². The number of pyridine rings is 2. The molecule has 0 aliphatic rings. The van der Waals surface area contributed by atoms with Crippen molar-refractivity contribution in [1.82, 2.24) is 14.4 Å². The molecule has 0 spiro atoms. The normalized spacial score (nSPS) is 13.0. The van der Waals surface area contributed by atoms with Crippen LogP contribution in [0.3, 0.4) is 0 Å². The number of nitrogens with zero attached hydrogens (tertiary/aromatic N) is 3. The third-order valence-electron chi connectivity index (χ3n) is 10.4. The van der Waals surface area contributed by atoms with Gasteiger partial charge < -0.3 is 4.40 Å². The van der Waals surface area contributed by atoms with Crippen LogP contribution in [0, 0.1) is 0 Å². The molecule has 4 heterocycles. The number of rotatable bonds is 3. The van der Waals surface area contributed by atoms with Gasteiger partial charge in [0, 0.05) is 45.1 Å². The van der Waals surface area contributed by atoms with Crippen molar-refractivity contribution in [1.29, 1.82) is 0 Å². The Bertz CT molecular complexity index is 2350. The molecule has 4 aromatic carbocycles. The molecule has 3 heteroatoms. The van der Waals surface area contributed by atoms with E-state index in [0.29, 0.717) is 0 Å². The van der Waals surface area contributed by atoms with Gasteiger partial charge in [-0.2, -0.15) is 0 Å². The molecule has 0 saturated carbocycles. The summed E-state index contributed by atoms with van der Waals surface area (Å²) in [5.74, 6) is 0. The van der Waals surface area contributed by atoms with Crippen molar-refractivity contribution in [2.24, 2.45) is 0 Å². The van der Waals surface area contributed by atoms with Gasteiger partial charge in [-0.3, -0.25) is 9.97 Å². The molecule has 0 fully saturated rings. The van der Waals surface area contributed by atoms with Crippen LogP contribution in [0.5, 0.6) is 0 Å². The largest absolute Gasteiger partial charge is 0.305 e. The van der Waals surface area contributed by atoms with E-state index in [1.807, 2.05) is 24.8 Å². The summed E-state index contributed by atoms with van der Waals surface area (Å²) in [6.45, 7) is 20.6. The molecule has 244 valence electrons. The van der Waals surface area contributed by atoms with Crippen molar-refractivity contribution in [3.8, 4) is 33.4 Å². The summed E-state index contributed by atoms with van der Waals surface area (Å²) < 4.78 is 2.40. The van der Waals surface area contributed by atoms with Gasteiger partial charge in [0.05, 0.1) is 28.9 Å². The van der Waals surface area contributed by atoms with Crippen LogP contribution < -0.4 is 0 Å². The first-order valence-electron chi connectivity index (χ1n) is 17.5. The maximum atomic E-state index is 4.64. The zero-order chi connectivity index (χ0) is 34.5. The van der Waals surface area contributed by atoms with Crippen molar-refractivity contribution < 1.29 is 0 Å². The Balaban J connectivity index is 1.62. The summed E-state index contributed by atoms with van der Waals surface area (Å²) in [4.78, 5) is 9.28. The van der Waals surface area contributed by atoms with Crippen LogP contribution in [0.2, 0.25) is 0 Å². The number of hydrogen-bond acceptors (Lipinski definition) is 2. The summed E-state index contributed by atoms with van der Waals surface area (Å²) in [6.07, 6.45) is 7.90. The van der Waals surface area contributed by atoms with Crippen LogP contribution >= 0.6 is 0 Å². The Morgan fingerprint density at radius 3 is 1.06 bits per heavy atom. The van der Waals surface area contributed by atoms with Crippen molar-refractivity contribution in [3.05, 3.63) is 126 Å². The molecule has 0 unspecified atom stereocenters. The molecule has 0 aliphatic carbocycles. The Kier molecular flexibility index (Phi) is 6.85. The molecule has 0 N–H and O–H groups in total. The standard InChI is InChI=1S/C46H45N3/c1-44(2,3)31-16-10-28(11-17-31)38-39(29-12-18-32(19-13-29)45(4,5)6)41-34-22-24-47-26-36(34)49-37-27-48-25-23-35(37)42(43(41)49)40(38)30-14-20-33(21-15-30)46(7,8)9/h10-27H,1-9H3. The third kappa shape index (κ3) is 4.93. The van der Waals surface area contributed by atoms with Crippen LogP contribution in [0.4, 0.5) is 0 Å². The highest BCUT2D eigenvalue weighted by Gasteiger charge is 2.29. The van der Waals surface area contributed by atoms with Gasteiger partial charge in [0.25, 0.3) is 0 Å². The summed E-state index contributed by atoms with van der Waals surface area (Å²) in [5, 5.41) is 4.94. The number of hydrogen-bond donors (Lipinski definition) is 0. The summed E-state index contributed by atoms with van der Waals surface area (Å²) in [7, 11) is 0. The van der Waals surface area contributed by atoms with E-state index in [1.54, 1.807) is 0 Å². The van der Waals surface area contributed by atoms with Crippen LogP contribution in [0.1, 0.15) is 79.0 Å². The van der Waals surface area contributed by atoms with Crippen molar-refractivity contribution in [3.63, 3.8) is 0 Å². The van der Waals surface area contributed by atoms with Crippen LogP contribution in [-0.2, 0) is 16.2 Å². The summed E-state index contributed by atoms with van der Waals surface area (Å²) >= 11 is 0. The highest BCUT2D eigenvalue weighted by atomic mass is 14.9. The van der Waals surface area contributed by atoms with Gasteiger partial charge in [-0.05, 0) is 67.3 Å². The Labute approximate surface area is 290 Å². The Hall–Kier alpha value is -5.02. The minimum atomic E-state index is 0.0557. The van der Waals surface area contributed by atoms with Gasteiger partial charge in [-0.1, -0.05) is 135 Å². The van der Waals surface area contributed by atoms with Crippen LogP contribution in [-0.4, -0.2) is 14.4 Å². The van der Waals surface area contributed by atoms with Gasteiger partial charge in [-0.25, -0.2) is 0 Å². The second-order valence-electron chi connectivity index (χ2n) is 16.8. The molecular formula is C46H45N3. The monoisotopic (exact) mass is 639 g/mol. The first-order chi connectivity index (χ1) is 23.2. The van der Waals surface area contributed by atoms with E-state index in [2.05, 4.69) is 162 Å². The number of fused-ring (bicyclic) bond motifs is 6. The smallest absolute Gasteiger partial charge is 0.0725 e. The van der Waals surface area contributed by atoms with Crippen LogP contribution in [0.15, 0.2) is 110 Å². The van der Waals surface area contributed by atoms with Gasteiger partial charge in [0.2, 0.25) is 0 Å². The molecule has 8 rings (SSSR count). The van der Waals surface area contributed by atoms with Gasteiger partial charge in [0.1, 0.15) is 0 Å². The van der Waals surface area contributed by atoms with Crippen molar-refractivity contribution in [2.75, 3.05) is 0 Å². The second-order valence-corrected chi connectivity index (χ2v) is 16.8. The first-order valence-corrected chi connectivity index (χ1v) is 17.5. The fourth-order valence-corrected chi connectivity index (χ4v) is 7.68. The molecule has 8 aromatic rings. The van der Waals surface area contributed by atoms with E-state index >= 15 is 0 Å². The van der Waals surface area contributed by atoms with E-state index in [9.17, 15) is 0 Å². The van der Waals surface area contributed by atoms with Crippen molar-refractivity contribution in [2.45, 2.75) is 78.6 Å². The molecule has 0 amide bonds. The molecule has 0 atom stereocenters. The Morgan fingerprint density at radius 2 is 0.735 bits per heavy atom. The van der Waals surface area contributed by atoms with Crippen molar-refractivity contribution >= 4 is 38.1 Å². The highest BCUT2D eigenvalue weighted by Crippen LogP contribution is 2.53. The highest BCUT2D eigenvalue weighted by molar-refractivity contribution is 6.33.